The summed E-state index contributed by atoms with van der Waals surface area (Å²) in [4.78, 5) is 13.1. The van der Waals surface area contributed by atoms with E-state index in [1.54, 1.807) is 12.1 Å². The molecule has 208 valence electrons. The summed E-state index contributed by atoms with van der Waals surface area (Å²) in [6, 6.07) is 11.3. The van der Waals surface area contributed by atoms with Crippen molar-refractivity contribution in [3.63, 3.8) is 0 Å². The summed E-state index contributed by atoms with van der Waals surface area (Å²) in [5.41, 5.74) is 6.95. The van der Waals surface area contributed by atoms with Crippen LogP contribution < -0.4 is 4.90 Å². The third kappa shape index (κ3) is 5.32. The molecule has 4 rings (SSSR count). The van der Waals surface area contributed by atoms with E-state index in [0.29, 0.717) is 19.4 Å². The molecule has 2 N–H and O–H groups in total. The quantitative estimate of drug-likeness (QED) is 0.221. The first-order valence-electron chi connectivity index (χ1n) is 13.5. The third-order valence-corrected chi connectivity index (χ3v) is 8.90. The predicted molar refractivity (Wildman–Crippen MR) is 155 cm³/mol. The van der Waals surface area contributed by atoms with Gasteiger partial charge in [0.05, 0.1) is 10.3 Å². The zero-order valence-corrected chi connectivity index (χ0v) is 24.5. The number of rotatable bonds is 9. The van der Waals surface area contributed by atoms with Crippen molar-refractivity contribution in [3.05, 3.63) is 77.0 Å². The van der Waals surface area contributed by atoms with E-state index in [0.717, 1.165) is 23.5 Å². The highest BCUT2D eigenvalue weighted by Gasteiger charge is 2.44. The number of fused-ring (bicyclic) bond motifs is 2. The summed E-state index contributed by atoms with van der Waals surface area (Å²) in [6.45, 7) is 14.3. The summed E-state index contributed by atoms with van der Waals surface area (Å²) in [5.74, 6) is -0.818. The standard InChI is InChI=1S/C31H38N2O5S/c1-7-32-25-16-14-21(2)19-23(25)30(3,4)27(32)11-10-12-28-31(5,6)24-20-22(39(36,37)38)15-17-26(24)33(28)18-9-8-13-29(34)35/h10-12,14-17,19-20H,7-9,13,18H2,1-6H3,(H-,34,35,36,37,38)/p+1. The van der Waals surface area contributed by atoms with Crippen LogP contribution in [0.1, 0.15) is 70.6 Å². The molecule has 0 unspecified atom stereocenters. The Kier molecular flexibility index (Phi) is 7.67. The topological polar surface area (TPSA) is 97.9 Å². The zero-order valence-electron chi connectivity index (χ0n) is 23.7. The summed E-state index contributed by atoms with van der Waals surface area (Å²) in [6.07, 6.45) is 7.63. The molecule has 0 aliphatic carbocycles. The molecule has 0 saturated carbocycles. The van der Waals surface area contributed by atoms with Crippen molar-refractivity contribution in [2.45, 2.75) is 76.5 Å². The fourth-order valence-corrected chi connectivity index (χ4v) is 6.47. The maximum Gasteiger partial charge on any atom is 0.303 e. The number of allylic oxidation sites excluding steroid dienone is 4. The van der Waals surface area contributed by atoms with Crippen molar-refractivity contribution in [2.24, 2.45) is 0 Å². The number of carboxylic acid groups (broad SMARTS) is 1. The first-order chi connectivity index (χ1) is 18.2. The molecule has 8 heteroatoms. The van der Waals surface area contributed by atoms with E-state index in [1.807, 2.05) is 13.8 Å². The number of nitrogens with zero attached hydrogens (tertiary/aromatic N) is 2. The maximum atomic E-state index is 11.9. The number of aryl methyl sites for hydroxylation is 1. The number of hydrogen-bond donors (Lipinski definition) is 2. The van der Waals surface area contributed by atoms with E-state index in [1.165, 1.54) is 28.6 Å². The van der Waals surface area contributed by atoms with Crippen molar-refractivity contribution >= 4 is 33.2 Å². The highest BCUT2D eigenvalue weighted by Crippen LogP contribution is 2.48. The number of carboxylic acids is 1. The Morgan fingerprint density at radius 2 is 1.74 bits per heavy atom. The van der Waals surface area contributed by atoms with Crippen LogP contribution in [0.15, 0.2) is 65.2 Å². The lowest BCUT2D eigenvalue weighted by Gasteiger charge is -2.27. The smallest absolute Gasteiger partial charge is 0.303 e. The van der Waals surface area contributed by atoms with E-state index in [2.05, 4.69) is 73.6 Å². The van der Waals surface area contributed by atoms with E-state index in [-0.39, 0.29) is 16.7 Å². The molecule has 0 spiro atoms. The van der Waals surface area contributed by atoms with Gasteiger partial charge in [-0.1, -0.05) is 31.6 Å². The molecule has 0 fully saturated rings. The lowest BCUT2D eigenvalue weighted by Crippen LogP contribution is -2.28. The summed E-state index contributed by atoms with van der Waals surface area (Å²) in [5, 5.41) is 9.07. The van der Waals surface area contributed by atoms with Gasteiger partial charge in [0.15, 0.2) is 5.71 Å². The van der Waals surface area contributed by atoms with Crippen LogP contribution in [0, 0.1) is 6.92 Å². The maximum absolute atomic E-state index is 11.9. The van der Waals surface area contributed by atoms with Gasteiger partial charge in [0.2, 0.25) is 5.69 Å². The molecule has 2 aliphatic rings. The molecule has 2 aliphatic heterocycles. The Hall–Kier alpha value is -3.23. The predicted octanol–water partition coefficient (Wildman–Crippen LogP) is 6.13. The molecule has 39 heavy (non-hydrogen) atoms. The second-order valence-electron chi connectivity index (χ2n) is 11.5. The van der Waals surface area contributed by atoms with Crippen LogP contribution in [0.3, 0.4) is 0 Å². The Labute approximate surface area is 231 Å². The average molecular weight is 552 g/mol. The van der Waals surface area contributed by atoms with Gasteiger partial charge in [-0.2, -0.15) is 13.0 Å². The van der Waals surface area contributed by atoms with Crippen molar-refractivity contribution < 1.29 is 27.4 Å². The Bertz CT molecular complexity index is 1510. The monoisotopic (exact) mass is 551 g/mol. The van der Waals surface area contributed by atoms with Crippen molar-refractivity contribution in [1.29, 1.82) is 0 Å². The first-order valence-corrected chi connectivity index (χ1v) is 14.9. The summed E-state index contributed by atoms with van der Waals surface area (Å²) in [7, 11) is -4.35. The van der Waals surface area contributed by atoms with Gasteiger partial charge in [-0.25, -0.2) is 0 Å². The van der Waals surface area contributed by atoms with E-state index < -0.39 is 21.5 Å². The summed E-state index contributed by atoms with van der Waals surface area (Å²) >= 11 is 0. The van der Waals surface area contributed by atoms with Gasteiger partial charge in [0, 0.05) is 47.5 Å². The number of carbonyl (C=O) groups is 1. The Balaban J connectivity index is 1.75. The number of unbranched alkanes of at least 4 members (excludes halogenated alkanes) is 1. The van der Waals surface area contributed by atoms with Crippen LogP contribution in [-0.4, -0.2) is 47.4 Å². The zero-order chi connectivity index (χ0) is 28.8. The van der Waals surface area contributed by atoms with Crippen LogP contribution >= 0.6 is 0 Å². The van der Waals surface area contributed by atoms with Gasteiger partial charge in [-0.05, 0) is 76.4 Å². The van der Waals surface area contributed by atoms with Crippen LogP contribution in [0.5, 0.6) is 0 Å². The normalized spacial score (nSPS) is 18.7. The molecule has 0 atom stereocenters. The molecule has 2 aromatic rings. The fraction of sp³-hybridized carbons (Fsp3) is 0.419. The minimum Gasteiger partial charge on any atom is -0.481 e. The molecule has 2 heterocycles. The highest BCUT2D eigenvalue weighted by molar-refractivity contribution is 7.85. The van der Waals surface area contributed by atoms with Gasteiger partial charge in [-0.15, -0.1) is 0 Å². The van der Waals surface area contributed by atoms with Gasteiger partial charge in [0.1, 0.15) is 6.54 Å². The number of hydrogen-bond acceptors (Lipinski definition) is 4. The van der Waals surface area contributed by atoms with Gasteiger partial charge >= 0.3 is 5.97 Å². The van der Waals surface area contributed by atoms with Gasteiger partial charge in [0.25, 0.3) is 10.1 Å². The number of benzene rings is 2. The SMILES string of the molecule is CC[N+]1=C(/C=C/C=C2/N(CCCCC(=O)O)c3ccc(S(=O)(=O)O)cc3C2(C)C)C(C)(C)c2cc(C)ccc21. The molecule has 0 aromatic heterocycles. The number of anilines is 1. The molecule has 7 nitrogen and oxygen atoms in total. The van der Waals surface area contributed by atoms with Crippen LogP contribution in [0.2, 0.25) is 0 Å². The molecular formula is C31H39N2O5S+. The third-order valence-electron chi connectivity index (χ3n) is 8.06. The minimum absolute atomic E-state index is 0.102. The highest BCUT2D eigenvalue weighted by atomic mass is 32.2. The van der Waals surface area contributed by atoms with Crippen LogP contribution in [0.25, 0.3) is 0 Å². The molecule has 2 aromatic carbocycles. The van der Waals surface area contributed by atoms with Crippen molar-refractivity contribution in [1.82, 2.24) is 0 Å². The fourth-order valence-electron chi connectivity index (χ4n) is 5.96. The molecule has 0 bridgehead atoms. The molecule has 0 amide bonds. The van der Waals surface area contributed by atoms with Crippen molar-refractivity contribution in [2.75, 3.05) is 18.0 Å². The van der Waals surface area contributed by atoms with Gasteiger partial charge < -0.3 is 10.0 Å². The molecular weight excluding hydrogens is 512 g/mol. The summed E-state index contributed by atoms with van der Waals surface area (Å²) < 4.78 is 35.8. The lowest BCUT2D eigenvalue weighted by atomic mass is 9.80. The van der Waals surface area contributed by atoms with Crippen molar-refractivity contribution in [3.8, 4) is 0 Å². The lowest BCUT2D eigenvalue weighted by molar-refractivity contribution is -0.433. The molecule has 0 radical (unpaired) electrons. The first kappa shape index (κ1) is 28.8. The minimum atomic E-state index is -4.35. The van der Waals surface area contributed by atoms with E-state index >= 15 is 0 Å². The second-order valence-corrected chi connectivity index (χ2v) is 12.9. The largest absolute Gasteiger partial charge is 0.481 e. The Morgan fingerprint density at radius 3 is 2.38 bits per heavy atom. The van der Waals surface area contributed by atoms with E-state index in [9.17, 15) is 17.8 Å². The molecule has 0 saturated heterocycles. The van der Waals surface area contributed by atoms with Crippen LogP contribution in [0.4, 0.5) is 11.4 Å². The van der Waals surface area contributed by atoms with Crippen LogP contribution in [-0.2, 0) is 25.7 Å². The van der Waals surface area contributed by atoms with Gasteiger partial charge in [-0.3, -0.25) is 9.35 Å². The number of aliphatic carboxylic acids is 1. The average Bonchev–Trinajstić information content (AvgIpc) is 3.19. The Morgan fingerprint density at radius 1 is 1.03 bits per heavy atom. The van der Waals surface area contributed by atoms with E-state index in [4.69, 9.17) is 5.11 Å². The second kappa shape index (κ2) is 10.4.